The van der Waals surface area contributed by atoms with Crippen LogP contribution in [-0.4, -0.2) is 18.4 Å². The number of anilines is 1. The van der Waals surface area contributed by atoms with Gasteiger partial charge in [0.15, 0.2) is 5.90 Å². The van der Waals surface area contributed by atoms with E-state index < -0.39 is 0 Å². The zero-order chi connectivity index (χ0) is 12.8. The molecule has 0 aromatic heterocycles. The van der Waals surface area contributed by atoms with E-state index in [4.69, 9.17) is 10.1 Å². The van der Waals surface area contributed by atoms with Crippen LogP contribution in [0.1, 0.15) is 24.5 Å². The highest BCUT2D eigenvalue weighted by atomic mass is 16.5. The molecule has 0 atom stereocenters. The van der Waals surface area contributed by atoms with Gasteiger partial charge in [-0.25, -0.2) is 0 Å². The number of hydrogen-bond acceptors (Lipinski definition) is 3. The molecule has 0 aliphatic heterocycles. The van der Waals surface area contributed by atoms with Crippen molar-refractivity contribution in [2.75, 3.05) is 11.9 Å². The SMILES string of the molecule is CCOC(=N)CC(=O)Nc1cc(C)ccc1C. The van der Waals surface area contributed by atoms with E-state index in [1.165, 1.54) is 0 Å². The first-order valence-corrected chi connectivity index (χ1v) is 5.60. The molecular weight excluding hydrogens is 216 g/mol. The lowest BCUT2D eigenvalue weighted by atomic mass is 10.1. The molecule has 1 aromatic rings. The van der Waals surface area contributed by atoms with Crippen LogP contribution in [0, 0.1) is 19.3 Å². The zero-order valence-electron chi connectivity index (χ0n) is 10.5. The number of hydrogen-bond donors (Lipinski definition) is 2. The van der Waals surface area contributed by atoms with Gasteiger partial charge in [-0.3, -0.25) is 10.2 Å². The monoisotopic (exact) mass is 234 g/mol. The molecule has 0 heterocycles. The normalized spacial score (nSPS) is 9.82. The van der Waals surface area contributed by atoms with Crippen LogP contribution in [-0.2, 0) is 9.53 Å². The minimum atomic E-state index is -0.225. The predicted molar refractivity (Wildman–Crippen MR) is 68.5 cm³/mol. The van der Waals surface area contributed by atoms with Gasteiger partial charge >= 0.3 is 0 Å². The van der Waals surface area contributed by atoms with E-state index in [-0.39, 0.29) is 18.2 Å². The molecule has 0 saturated carbocycles. The average Bonchev–Trinajstić information content (AvgIpc) is 2.23. The number of amides is 1. The highest BCUT2D eigenvalue weighted by Crippen LogP contribution is 2.16. The Labute approximate surface area is 101 Å². The van der Waals surface area contributed by atoms with Crippen molar-refractivity contribution in [3.63, 3.8) is 0 Å². The van der Waals surface area contributed by atoms with Gasteiger partial charge < -0.3 is 10.1 Å². The summed E-state index contributed by atoms with van der Waals surface area (Å²) in [6.45, 7) is 6.10. The lowest BCUT2D eigenvalue weighted by Crippen LogP contribution is -2.18. The molecule has 17 heavy (non-hydrogen) atoms. The van der Waals surface area contributed by atoms with E-state index in [1.54, 1.807) is 6.92 Å². The highest BCUT2D eigenvalue weighted by molar-refractivity contribution is 6.03. The first-order chi connectivity index (χ1) is 8.02. The summed E-state index contributed by atoms with van der Waals surface area (Å²) in [5.74, 6) is -0.229. The van der Waals surface area contributed by atoms with Gasteiger partial charge in [-0.2, -0.15) is 0 Å². The standard InChI is InChI=1S/C13H18N2O2/c1-4-17-12(14)8-13(16)15-11-7-9(2)5-6-10(11)3/h5-7,14H,4,8H2,1-3H3,(H,15,16). The van der Waals surface area contributed by atoms with Gasteiger partial charge in [0.05, 0.1) is 6.61 Å². The lowest BCUT2D eigenvalue weighted by Gasteiger charge is -2.09. The summed E-state index contributed by atoms with van der Waals surface area (Å²) in [4.78, 5) is 11.6. The van der Waals surface area contributed by atoms with Crippen LogP contribution in [0.5, 0.6) is 0 Å². The van der Waals surface area contributed by atoms with Gasteiger partial charge in [-0.1, -0.05) is 12.1 Å². The quantitative estimate of drug-likeness (QED) is 0.621. The molecule has 0 saturated heterocycles. The summed E-state index contributed by atoms with van der Waals surface area (Å²) in [5.41, 5.74) is 2.89. The first kappa shape index (κ1) is 13.2. The van der Waals surface area contributed by atoms with Gasteiger partial charge in [0.1, 0.15) is 6.42 Å². The van der Waals surface area contributed by atoms with Gasteiger partial charge in [0, 0.05) is 5.69 Å². The van der Waals surface area contributed by atoms with Crippen molar-refractivity contribution in [3.05, 3.63) is 29.3 Å². The third-order valence-corrected chi connectivity index (χ3v) is 2.31. The van der Waals surface area contributed by atoms with Crippen LogP contribution in [0.15, 0.2) is 18.2 Å². The Morgan fingerprint density at radius 1 is 1.41 bits per heavy atom. The molecule has 0 spiro atoms. The van der Waals surface area contributed by atoms with E-state index in [1.807, 2.05) is 32.0 Å². The van der Waals surface area contributed by atoms with Crippen molar-refractivity contribution in [1.82, 2.24) is 0 Å². The van der Waals surface area contributed by atoms with E-state index in [0.29, 0.717) is 6.61 Å². The maximum atomic E-state index is 11.6. The van der Waals surface area contributed by atoms with Crippen molar-refractivity contribution in [2.45, 2.75) is 27.2 Å². The van der Waals surface area contributed by atoms with Crippen LogP contribution in [0.3, 0.4) is 0 Å². The fourth-order valence-electron chi connectivity index (χ4n) is 1.44. The smallest absolute Gasteiger partial charge is 0.233 e. The van der Waals surface area contributed by atoms with E-state index in [2.05, 4.69) is 5.32 Å². The fourth-order valence-corrected chi connectivity index (χ4v) is 1.44. The lowest BCUT2D eigenvalue weighted by molar-refractivity contribution is -0.115. The number of carbonyl (C=O) groups is 1. The zero-order valence-corrected chi connectivity index (χ0v) is 10.5. The second kappa shape index (κ2) is 6.03. The molecule has 0 aliphatic rings. The minimum Gasteiger partial charge on any atom is -0.481 e. The van der Waals surface area contributed by atoms with E-state index in [0.717, 1.165) is 16.8 Å². The molecule has 4 nitrogen and oxygen atoms in total. The summed E-state index contributed by atoms with van der Waals surface area (Å²) in [6, 6.07) is 5.86. The number of carbonyl (C=O) groups excluding carboxylic acids is 1. The van der Waals surface area contributed by atoms with Crippen LogP contribution < -0.4 is 5.32 Å². The van der Waals surface area contributed by atoms with E-state index >= 15 is 0 Å². The van der Waals surface area contributed by atoms with Crippen molar-refractivity contribution in [2.24, 2.45) is 0 Å². The average molecular weight is 234 g/mol. The second-order valence-electron chi connectivity index (χ2n) is 3.90. The van der Waals surface area contributed by atoms with E-state index in [9.17, 15) is 4.79 Å². The highest BCUT2D eigenvalue weighted by Gasteiger charge is 2.08. The van der Waals surface area contributed by atoms with Crippen molar-refractivity contribution in [3.8, 4) is 0 Å². The maximum absolute atomic E-state index is 11.6. The molecule has 1 aromatic carbocycles. The van der Waals surface area contributed by atoms with Gasteiger partial charge in [0.25, 0.3) is 0 Å². The molecule has 92 valence electrons. The molecule has 0 aliphatic carbocycles. The summed E-state index contributed by atoms with van der Waals surface area (Å²) in [5, 5.41) is 10.2. The number of aryl methyl sites for hydroxylation is 2. The Hall–Kier alpha value is -1.84. The first-order valence-electron chi connectivity index (χ1n) is 5.60. The van der Waals surface area contributed by atoms with Crippen LogP contribution in [0.25, 0.3) is 0 Å². The Balaban J connectivity index is 2.62. The molecule has 0 unspecified atom stereocenters. The summed E-state index contributed by atoms with van der Waals surface area (Å²) in [6.07, 6.45) is -0.0266. The molecule has 4 heteroatoms. The van der Waals surface area contributed by atoms with Gasteiger partial charge in [0.2, 0.25) is 5.91 Å². The molecule has 1 rings (SSSR count). The van der Waals surface area contributed by atoms with Crippen molar-refractivity contribution < 1.29 is 9.53 Å². The largest absolute Gasteiger partial charge is 0.481 e. The Morgan fingerprint density at radius 3 is 2.76 bits per heavy atom. The van der Waals surface area contributed by atoms with Crippen LogP contribution >= 0.6 is 0 Å². The van der Waals surface area contributed by atoms with Crippen molar-refractivity contribution >= 4 is 17.5 Å². The maximum Gasteiger partial charge on any atom is 0.233 e. The Morgan fingerprint density at radius 2 is 2.12 bits per heavy atom. The topological polar surface area (TPSA) is 62.2 Å². The molecular formula is C13H18N2O2. The van der Waals surface area contributed by atoms with Gasteiger partial charge in [-0.05, 0) is 38.0 Å². The van der Waals surface area contributed by atoms with Crippen LogP contribution in [0.2, 0.25) is 0 Å². The number of rotatable bonds is 4. The fraction of sp³-hybridized carbons (Fsp3) is 0.385. The summed E-state index contributed by atoms with van der Waals surface area (Å²) in [7, 11) is 0. The molecule has 2 N–H and O–H groups in total. The number of benzene rings is 1. The van der Waals surface area contributed by atoms with Gasteiger partial charge in [-0.15, -0.1) is 0 Å². The third-order valence-electron chi connectivity index (χ3n) is 2.31. The minimum absolute atomic E-state index is 0.00435. The Kier molecular flexibility index (Phi) is 4.69. The molecule has 0 fully saturated rings. The molecule has 0 bridgehead atoms. The predicted octanol–water partition coefficient (Wildman–Crippen LogP) is 2.65. The van der Waals surface area contributed by atoms with Crippen LogP contribution in [0.4, 0.5) is 5.69 Å². The number of ether oxygens (including phenoxy) is 1. The summed E-state index contributed by atoms with van der Waals surface area (Å²) >= 11 is 0. The summed E-state index contributed by atoms with van der Waals surface area (Å²) < 4.78 is 4.93. The molecule has 0 radical (unpaired) electrons. The molecule has 1 amide bonds. The third kappa shape index (κ3) is 4.26. The number of nitrogens with one attached hydrogen (secondary N) is 2. The Bertz CT molecular complexity index is 427. The van der Waals surface area contributed by atoms with Crippen molar-refractivity contribution in [1.29, 1.82) is 5.41 Å². The second-order valence-corrected chi connectivity index (χ2v) is 3.90.